The summed E-state index contributed by atoms with van der Waals surface area (Å²) in [6.07, 6.45) is 0.501. The Morgan fingerprint density at radius 3 is 2.78 bits per heavy atom. The molecule has 0 aliphatic heterocycles. The highest BCUT2D eigenvalue weighted by atomic mass is 16.5. The average Bonchev–Trinajstić information content (AvgIpc) is 2.32. The number of hydrogen-bond donors (Lipinski definition) is 1. The number of esters is 1. The first kappa shape index (κ1) is 14.0. The van der Waals surface area contributed by atoms with Gasteiger partial charge in [-0.15, -0.1) is 0 Å². The normalized spacial score (nSPS) is 10.8. The number of rotatable bonds is 4. The largest absolute Gasteiger partial charge is 0.462 e. The number of nitrogen functional groups attached to an aromatic ring is 1. The molecule has 0 aliphatic rings. The highest BCUT2D eigenvalue weighted by Crippen LogP contribution is 2.19. The second kappa shape index (κ2) is 5.54. The van der Waals surface area contributed by atoms with Crippen molar-refractivity contribution in [3.63, 3.8) is 0 Å². The Bertz CT molecular complexity index is 487. The molecule has 0 heterocycles. The van der Waals surface area contributed by atoms with Crippen LogP contribution in [0.1, 0.15) is 36.2 Å². The number of nitrogens with zero attached hydrogens (tertiary/aromatic N) is 1. The van der Waals surface area contributed by atoms with Crippen LogP contribution in [0.4, 0.5) is 5.69 Å². The van der Waals surface area contributed by atoms with Crippen molar-refractivity contribution in [3.8, 4) is 6.07 Å². The molecule has 0 fully saturated rings. The number of hydrogen-bond acceptors (Lipinski definition) is 4. The summed E-state index contributed by atoms with van der Waals surface area (Å²) in [5, 5.41) is 8.85. The summed E-state index contributed by atoms with van der Waals surface area (Å²) in [7, 11) is 0. The molecule has 4 heteroatoms. The van der Waals surface area contributed by atoms with E-state index in [0.717, 1.165) is 5.56 Å². The molecule has 1 aromatic rings. The maximum atomic E-state index is 11.8. The zero-order chi connectivity index (χ0) is 13.8. The van der Waals surface area contributed by atoms with E-state index >= 15 is 0 Å². The van der Waals surface area contributed by atoms with E-state index < -0.39 is 11.4 Å². The molecule has 4 nitrogen and oxygen atoms in total. The molecule has 0 saturated carbocycles. The quantitative estimate of drug-likeness (QED) is 0.654. The van der Waals surface area contributed by atoms with Crippen LogP contribution in [0.3, 0.4) is 0 Å². The summed E-state index contributed by atoms with van der Waals surface area (Å²) < 4.78 is 5.13. The average molecular weight is 246 g/mol. The minimum absolute atomic E-state index is 0.215. The Kier molecular flexibility index (Phi) is 4.33. The lowest BCUT2D eigenvalue weighted by Crippen LogP contribution is -2.15. The van der Waals surface area contributed by atoms with Gasteiger partial charge in [-0.2, -0.15) is 5.26 Å². The molecular weight excluding hydrogens is 228 g/mol. The summed E-state index contributed by atoms with van der Waals surface area (Å²) in [5.74, 6) is -0.440. The van der Waals surface area contributed by atoms with Crippen LogP contribution in [0.15, 0.2) is 18.2 Å². The summed E-state index contributed by atoms with van der Waals surface area (Å²) in [6, 6.07) is 7.38. The number of carbonyl (C=O) groups excluding carboxylic acids is 1. The molecule has 0 atom stereocenters. The van der Waals surface area contributed by atoms with Crippen LogP contribution < -0.4 is 5.73 Å². The first-order valence-electron chi connectivity index (χ1n) is 5.80. The van der Waals surface area contributed by atoms with Crippen molar-refractivity contribution < 1.29 is 9.53 Å². The zero-order valence-electron chi connectivity index (χ0n) is 11.0. The van der Waals surface area contributed by atoms with Gasteiger partial charge in [-0.1, -0.05) is 11.6 Å². The van der Waals surface area contributed by atoms with Gasteiger partial charge in [0.15, 0.2) is 0 Å². The van der Waals surface area contributed by atoms with Gasteiger partial charge < -0.3 is 10.5 Å². The van der Waals surface area contributed by atoms with Gasteiger partial charge in [0, 0.05) is 5.69 Å². The monoisotopic (exact) mass is 246 g/mol. The van der Waals surface area contributed by atoms with Gasteiger partial charge in [-0.05, 0) is 39.3 Å². The third kappa shape index (κ3) is 3.77. The molecule has 0 aliphatic carbocycles. The van der Waals surface area contributed by atoms with E-state index in [-0.39, 0.29) is 6.61 Å². The molecule has 18 heavy (non-hydrogen) atoms. The summed E-state index contributed by atoms with van der Waals surface area (Å²) in [4.78, 5) is 11.8. The molecule has 1 aromatic carbocycles. The standard InChI is InChI=1S/C14H18N2O2/c1-10-4-5-12(16)11(8-10)13(17)18-7-6-14(2,3)9-15/h4-5,8H,6-7,16H2,1-3H3. The number of benzene rings is 1. The predicted octanol–water partition coefficient (Wildman–Crippen LogP) is 2.67. The van der Waals surface area contributed by atoms with Gasteiger partial charge in [0.2, 0.25) is 0 Å². The molecular formula is C14H18N2O2. The number of aryl methyl sites for hydroxylation is 1. The van der Waals surface area contributed by atoms with Crippen LogP contribution in [-0.2, 0) is 4.74 Å². The van der Waals surface area contributed by atoms with E-state index in [1.165, 1.54) is 0 Å². The van der Waals surface area contributed by atoms with Crippen molar-refractivity contribution in [2.24, 2.45) is 5.41 Å². The van der Waals surface area contributed by atoms with Crippen molar-refractivity contribution in [3.05, 3.63) is 29.3 Å². The third-order valence-electron chi connectivity index (χ3n) is 2.69. The lowest BCUT2D eigenvalue weighted by Gasteiger charge is -2.15. The zero-order valence-corrected chi connectivity index (χ0v) is 11.0. The Morgan fingerprint density at radius 1 is 1.50 bits per heavy atom. The molecule has 0 aromatic heterocycles. The van der Waals surface area contributed by atoms with Gasteiger partial charge in [0.05, 0.1) is 23.7 Å². The molecule has 2 N–H and O–H groups in total. The van der Waals surface area contributed by atoms with Crippen LogP contribution >= 0.6 is 0 Å². The van der Waals surface area contributed by atoms with Gasteiger partial charge in [-0.25, -0.2) is 4.79 Å². The maximum Gasteiger partial charge on any atom is 0.340 e. The topological polar surface area (TPSA) is 76.1 Å². The second-order valence-electron chi connectivity index (χ2n) is 4.97. The van der Waals surface area contributed by atoms with Crippen LogP contribution in [0.25, 0.3) is 0 Å². The number of carbonyl (C=O) groups is 1. The number of nitriles is 1. The predicted molar refractivity (Wildman–Crippen MR) is 69.9 cm³/mol. The van der Waals surface area contributed by atoms with Crippen molar-refractivity contribution in [2.75, 3.05) is 12.3 Å². The lowest BCUT2D eigenvalue weighted by atomic mass is 9.92. The molecule has 96 valence electrons. The molecule has 0 bridgehead atoms. The van der Waals surface area contributed by atoms with E-state index in [1.807, 2.05) is 26.8 Å². The van der Waals surface area contributed by atoms with Crippen molar-refractivity contribution in [2.45, 2.75) is 27.2 Å². The first-order chi connectivity index (χ1) is 8.35. The van der Waals surface area contributed by atoms with Gasteiger partial charge >= 0.3 is 5.97 Å². The van der Waals surface area contributed by atoms with Crippen molar-refractivity contribution in [1.29, 1.82) is 5.26 Å². The van der Waals surface area contributed by atoms with Gasteiger partial charge in [0.1, 0.15) is 0 Å². The van der Waals surface area contributed by atoms with E-state index in [1.54, 1.807) is 12.1 Å². The van der Waals surface area contributed by atoms with E-state index in [2.05, 4.69) is 6.07 Å². The van der Waals surface area contributed by atoms with Crippen LogP contribution in [0, 0.1) is 23.7 Å². The summed E-state index contributed by atoms with van der Waals surface area (Å²) >= 11 is 0. The van der Waals surface area contributed by atoms with Gasteiger partial charge in [-0.3, -0.25) is 0 Å². The van der Waals surface area contributed by atoms with Crippen LogP contribution in [0.5, 0.6) is 0 Å². The van der Waals surface area contributed by atoms with Crippen LogP contribution in [-0.4, -0.2) is 12.6 Å². The van der Waals surface area contributed by atoms with E-state index in [9.17, 15) is 4.79 Å². The highest BCUT2D eigenvalue weighted by Gasteiger charge is 2.18. The molecule has 0 amide bonds. The maximum absolute atomic E-state index is 11.8. The minimum atomic E-state index is -0.488. The fourth-order valence-electron chi connectivity index (χ4n) is 1.38. The van der Waals surface area contributed by atoms with E-state index in [4.69, 9.17) is 15.7 Å². The molecule has 0 radical (unpaired) electrons. The number of ether oxygens (including phenoxy) is 1. The summed E-state index contributed by atoms with van der Waals surface area (Å²) in [6.45, 7) is 5.71. The van der Waals surface area contributed by atoms with Crippen molar-refractivity contribution in [1.82, 2.24) is 0 Å². The van der Waals surface area contributed by atoms with Gasteiger partial charge in [0.25, 0.3) is 0 Å². The molecule has 1 rings (SSSR count). The second-order valence-corrected chi connectivity index (χ2v) is 4.97. The Morgan fingerprint density at radius 2 is 2.17 bits per heavy atom. The third-order valence-corrected chi connectivity index (χ3v) is 2.69. The molecule has 0 spiro atoms. The Balaban J connectivity index is 2.62. The number of anilines is 1. The summed E-state index contributed by atoms with van der Waals surface area (Å²) in [5.41, 5.74) is 6.97. The fourth-order valence-corrected chi connectivity index (χ4v) is 1.38. The van der Waals surface area contributed by atoms with Crippen LogP contribution in [0.2, 0.25) is 0 Å². The highest BCUT2D eigenvalue weighted by molar-refractivity contribution is 5.95. The molecule has 0 unspecified atom stereocenters. The Labute approximate surface area is 107 Å². The Hall–Kier alpha value is -2.02. The number of nitrogens with two attached hydrogens (primary N) is 1. The smallest absolute Gasteiger partial charge is 0.340 e. The fraction of sp³-hybridized carbons (Fsp3) is 0.429. The first-order valence-corrected chi connectivity index (χ1v) is 5.80. The van der Waals surface area contributed by atoms with Crippen molar-refractivity contribution >= 4 is 11.7 Å². The lowest BCUT2D eigenvalue weighted by molar-refractivity contribution is 0.0476. The minimum Gasteiger partial charge on any atom is -0.462 e. The SMILES string of the molecule is Cc1ccc(N)c(C(=O)OCCC(C)(C)C#N)c1. The van der Waals surface area contributed by atoms with E-state index in [0.29, 0.717) is 17.7 Å². The molecule has 0 saturated heterocycles.